The van der Waals surface area contributed by atoms with E-state index in [2.05, 4.69) is 48.2 Å². The second kappa shape index (κ2) is 5.17. The van der Waals surface area contributed by atoms with E-state index in [9.17, 15) is 0 Å². The Balaban J connectivity index is 2.51. The number of aryl methyl sites for hydroxylation is 3. The Morgan fingerprint density at radius 2 is 1.78 bits per heavy atom. The Kier molecular flexibility index (Phi) is 3.60. The van der Waals surface area contributed by atoms with Crippen LogP contribution in [0.15, 0.2) is 24.4 Å². The van der Waals surface area contributed by atoms with Crippen LogP contribution in [0.1, 0.15) is 23.6 Å². The predicted molar refractivity (Wildman–Crippen MR) is 75.8 cm³/mol. The van der Waals surface area contributed by atoms with Crippen LogP contribution in [0.4, 0.5) is 5.95 Å². The van der Waals surface area contributed by atoms with Crippen molar-refractivity contribution in [1.82, 2.24) is 9.97 Å². The van der Waals surface area contributed by atoms with Crippen molar-refractivity contribution in [3.8, 4) is 11.3 Å². The lowest BCUT2D eigenvalue weighted by molar-refractivity contribution is 1.08. The molecule has 0 aliphatic rings. The maximum Gasteiger partial charge on any atom is 0.223 e. The summed E-state index contributed by atoms with van der Waals surface area (Å²) in [6.45, 7) is 9.25. The first-order chi connectivity index (χ1) is 8.61. The molecule has 0 fully saturated rings. The predicted octanol–water partition coefficient (Wildman–Crippen LogP) is 3.50. The molecule has 0 aliphatic heterocycles. The van der Waals surface area contributed by atoms with Crippen molar-refractivity contribution in [1.29, 1.82) is 0 Å². The molecule has 94 valence electrons. The van der Waals surface area contributed by atoms with Crippen molar-refractivity contribution in [2.75, 3.05) is 11.9 Å². The molecule has 3 heteroatoms. The van der Waals surface area contributed by atoms with Gasteiger partial charge in [-0.3, -0.25) is 0 Å². The lowest BCUT2D eigenvalue weighted by Gasteiger charge is -2.11. The van der Waals surface area contributed by atoms with Crippen LogP contribution in [0.5, 0.6) is 0 Å². The van der Waals surface area contributed by atoms with Gasteiger partial charge in [0, 0.05) is 18.3 Å². The Morgan fingerprint density at radius 1 is 1.11 bits per heavy atom. The quantitative estimate of drug-likeness (QED) is 0.893. The van der Waals surface area contributed by atoms with Gasteiger partial charge in [0.15, 0.2) is 0 Å². The molecule has 0 unspecified atom stereocenters. The number of hydrogen-bond acceptors (Lipinski definition) is 3. The van der Waals surface area contributed by atoms with Crippen LogP contribution < -0.4 is 5.32 Å². The third-order valence-electron chi connectivity index (χ3n) is 2.92. The highest BCUT2D eigenvalue weighted by atomic mass is 15.1. The van der Waals surface area contributed by atoms with Crippen LogP contribution in [0.2, 0.25) is 0 Å². The van der Waals surface area contributed by atoms with Gasteiger partial charge < -0.3 is 5.32 Å². The van der Waals surface area contributed by atoms with Crippen LogP contribution >= 0.6 is 0 Å². The number of nitrogens with zero attached hydrogens (tertiary/aromatic N) is 2. The van der Waals surface area contributed by atoms with Crippen LogP contribution in [-0.2, 0) is 0 Å². The molecule has 0 bridgehead atoms. The zero-order valence-corrected chi connectivity index (χ0v) is 11.4. The molecular weight excluding hydrogens is 222 g/mol. The second-order valence-corrected chi connectivity index (χ2v) is 4.57. The topological polar surface area (TPSA) is 37.8 Å². The molecule has 0 spiro atoms. The first-order valence-corrected chi connectivity index (χ1v) is 6.27. The van der Waals surface area contributed by atoms with Crippen LogP contribution in [-0.4, -0.2) is 16.5 Å². The first-order valence-electron chi connectivity index (χ1n) is 6.27. The molecule has 1 aromatic carbocycles. The molecule has 2 aromatic rings. The van der Waals surface area contributed by atoms with Crippen molar-refractivity contribution >= 4 is 5.95 Å². The summed E-state index contributed by atoms with van der Waals surface area (Å²) in [6, 6.07) is 6.35. The molecular formula is C15H19N3. The fourth-order valence-corrected chi connectivity index (χ4v) is 2.33. The number of rotatable bonds is 3. The van der Waals surface area contributed by atoms with E-state index in [1.54, 1.807) is 6.20 Å². The van der Waals surface area contributed by atoms with Crippen molar-refractivity contribution in [2.45, 2.75) is 27.7 Å². The first kappa shape index (κ1) is 12.6. The Hall–Kier alpha value is -1.90. The van der Waals surface area contributed by atoms with E-state index in [4.69, 9.17) is 0 Å². The number of aromatic nitrogens is 2. The maximum atomic E-state index is 4.56. The van der Waals surface area contributed by atoms with Gasteiger partial charge in [-0.05, 0) is 44.9 Å². The van der Waals surface area contributed by atoms with Gasteiger partial charge in [0.2, 0.25) is 5.95 Å². The Labute approximate surface area is 108 Å². The summed E-state index contributed by atoms with van der Waals surface area (Å²) in [5, 5.41) is 3.15. The molecule has 1 N–H and O–H groups in total. The smallest absolute Gasteiger partial charge is 0.223 e. The molecule has 18 heavy (non-hydrogen) atoms. The molecule has 1 heterocycles. The summed E-state index contributed by atoms with van der Waals surface area (Å²) >= 11 is 0. The summed E-state index contributed by atoms with van der Waals surface area (Å²) in [4.78, 5) is 8.77. The number of benzene rings is 1. The Morgan fingerprint density at radius 3 is 2.39 bits per heavy atom. The van der Waals surface area contributed by atoms with Crippen LogP contribution in [0.3, 0.4) is 0 Å². The third-order valence-corrected chi connectivity index (χ3v) is 2.92. The van der Waals surface area contributed by atoms with Gasteiger partial charge in [0.25, 0.3) is 0 Å². The number of hydrogen-bond donors (Lipinski definition) is 1. The van der Waals surface area contributed by atoms with Gasteiger partial charge >= 0.3 is 0 Å². The molecule has 0 atom stereocenters. The maximum absolute atomic E-state index is 4.56. The highest BCUT2D eigenvalue weighted by molar-refractivity contribution is 5.68. The molecule has 1 aromatic heterocycles. The largest absolute Gasteiger partial charge is 0.354 e. The second-order valence-electron chi connectivity index (χ2n) is 4.57. The van der Waals surface area contributed by atoms with Crippen molar-refractivity contribution < 1.29 is 0 Å². The monoisotopic (exact) mass is 241 g/mol. The van der Waals surface area contributed by atoms with Crippen LogP contribution in [0.25, 0.3) is 11.3 Å². The van der Waals surface area contributed by atoms with Crippen molar-refractivity contribution in [3.63, 3.8) is 0 Å². The van der Waals surface area contributed by atoms with Crippen molar-refractivity contribution in [3.05, 3.63) is 41.1 Å². The molecule has 0 aliphatic carbocycles. The van der Waals surface area contributed by atoms with E-state index in [0.717, 1.165) is 12.2 Å². The number of nitrogens with one attached hydrogen (secondary N) is 1. The molecule has 0 saturated carbocycles. The van der Waals surface area contributed by atoms with E-state index in [0.29, 0.717) is 5.95 Å². The van der Waals surface area contributed by atoms with Gasteiger partial charge in [-0.15, -0.1) is 0 Å². The fourth-order valence-electron chi connectivity index (χ4n) is 2.33. The molecule has 0 saturated heterocycles. The molecule has 0 amide bonds. The van der Waals surface area contributed by atoms with Gasteiger partial charge in [0.05, 0.1) is 5.69 Å². The summed E-state index contributed by atoms with van der Waals surface area (Å²) in [5.41, 5.74) is 6.00. The summed E-state index contributed by atoms with van der Waals surface area (Å²) in [5.74, 6) is 0.689. The van der Waals surface area contributed by atoms with Gasteiger partial charge in [0.1, 0.15) is 0 Å². The molecule has 2 rings (SSSR count). The van der Waals surface area contributed by atoms with Crippen LogP contribution in [0, 0.1) is 20.8 Å². The van der Waals surface area contributed by atoms with Gasteiger partial charge in [-0.2, -0.15) is 0 Å². The highest BCUT2D eigenvalue weighted by Crippen LogP contribution is 2.27. The summed E-state index contributed by atoms with van der Waals surface area (Å²) in [7, 11) is 0. The lowest BCUT2D eigenvalue weighted by atomic mass is 9.97. The highest BCUT2D eigenvalue weighted by Gasteiger charge is 2.08. The molecule has 0 radical (unpaired) electrons. The average Bonchev–Trinajstić information content (AvgIpc) is 2.28. The van der Waals surface area contributed by atoms with E-state index < -0.39 is 0 Å². The van der Waals surface area contributed by atoms with Gasteiger partial charge in [-0.25, -0.2) is 9.97 Å². The fraction of sp³-hybridized carbons (Fsp3) is 0.333. The average molecular weight is 241 g/mol. The number of anilines is 1. The molecule has 3 nitrogen and oxygen atoms in total. The van der Waals surface area contributed by atoms with Gasteiger partial charge in [-0.1, -0.05) is 17.7 Å². The normalized spacial score (nSPS) is 10.4. The zero-order valence-electron chi connectivity index (χ0n) is 11.4. The standard InChI is InChI=1S/C15H19N3/c1-5-16-15-17-7-6-13(18-15)14-11(3)8-10(2)9-12(14)4/h6-9H,5H2,1-4H3,(H,16,17,18). The summed E-state index contributed by atoms with van der Waals surface area (Å²) in [6.07, 6.45) is 1.80. The Bertz CT molecular complexity index is 538. The minimum Gasteiger partial charge on any atom is -0.354 e. The zero-order chi connectivity index (χ0) is 13.1. The van der Waals surface area contributed by atoms with E-state index in [-0.39, 0.29) is 0 Å². The van der Waals surface area contributed by atoms with E-state index in [1.165, 1.54) is 22.3 Å². The van der Waals surface area contributed by atoms with E-state index in [1.807, 2.05) is 13.0 Å². The minimum atomic E-state index is 0.689. The summed E-state index contributed by atoms with van der Waals surface area (Å²) < 4.78 is 0. The van der Waals surface area contributed by atoms with E-state index >= 15 is 0 Å². The third kappa shape index (κ3) is 2.50. The van der Waals surface area contributed by atoms with Crippen molar-refractivity contribution in [2.24, 2.45) is 0 Å². The minimum absolute atomic E-state index is 0.689. The SMILES string of the molecule is CCNc1nccc(-c2c(C)cc(C)cc2C)n1. The lowest BCUT2D eigenvalue weighted by Crippen LogP contribution is -2.03.